The van der Waals surface area contributed by atoms with Crippen LogP contribution in [-0.4, -0.2) is 8.42 Å². The Morgan fingerprint density at radius 2 is 1.95 bits per heavy atom. The van der Waals surface area contributed by atoms with Gasteiger partial charge in [-0.2, -0.15) is 0 Å². The smallest absolute Gasteiger partial charge is 0.265 e. The Balaban J connectivity index is 2.46. The molecule has 0 aromatic heterocycles. The van der Waals surface area contributed by atoms with Crippen LogP contribution in [0.1, 0.15) is 5.56 Å². The van der Waals surface area contributed by atoms with Gasteiger partial charge in [0.25, 0.3) is 10.0 Å². The summed E-state index contributed by atoms with van der Waals surface area (Å²) in [7, 11) is -4.06. The molecule has 4 nitrogen and oxygen atoms in total. The van der Waals surface area contributed by atoms with Crippen LogP contribution in [0, 0.1) is 12.7 Å². The molecule has 2 aromatic rings. The van der Waals surface area contributed by atoms with Crippen LogP contribution < -0.4 is 10.5 Å². The highest BCUT2D eigenvalue weighted by Crippen LogP contribution is 2.29. The number of benzene rings is 2. The Labute approximate surface area is 121 Å². The zero-order chi connectivity index (χ0) is 14.9. The van der Waals surface area contributed by atoms with Crippen LogP contribution in [0.25, 0.3) is 0 Å². The predicted octanol–water partition coefficient (Wildman–Crippen LogP) is 3.17. The number of nitrogens with two attached hydrogens (primary N) is 1. The monoisotopic (exact) mass is 314 g/mol. The highest BCUT2D eigenvalue weighted by atomic mass is 35.5. The van der Waals surface area contributed by atoms with Gasteiger partial charge in [-0.05, 0) is 36.8 Å². The molecule has 0 heterocycles. The first-order valence-electron chi connectivity index (χ1n) is 5.64. The largest absolute Gasteiger partial charge is 0.398 e. The SMILES string of the molecule is Cc1ccc(NS(=O)(=O)c2c(N)cccc2Cl)c(F)c1. The molecular formula is C13H12ClFN2O2S. The first-order chi connectivity index (χ1) is 9.31. The van der Waals surface area contributed by atoms with Crippen molar-refractivity contribution in [3.63, 3.8) is 0 Å². The van der Waals surface area contributed by atoms with Crippen LogP contribution in [0.15, 0.2) is 41.3 Å². The molecule has 106 valence electrons. The summed E-state index contributed by atoms with van der Waals surface area (Å²) in [5.74, 6) is -0.667. The van der Waals surface area contributed by atoms with E-state index in [1.54, 1.807) is 13.0 Å². The molecule has 2 aromatic carbocycles. The van der Waals surface area contributed by atoms with Crippen molar-refractivity contribution in [2.24, 2.45) is 0 Å². The molecule has 0 bridgehead atoms. The number of nitrogen functional groups attached to an aromatic ring is 1. The second kappa shape index (κ2) is 5.30. The van der Waals surface area contributed by atoms with Crippen LogP contribution >= 0.6 is 11.6 Å². The molecule has 0 spiro atoms. The molecule has 0 aliphatic carbocycles. The highest BCUT2D eigenvalue weighted by Gasteiger charge is 2.22. The van der Waals surface area contributed by atoms with Gasteiger partial charge in [-0.15, -0.1) is 0 Å². The minimum atomic E-state index is -4.06. The number of anilines is 2. The van der Waals surface area contributed by atoms with E-state index in [0.717, 1.165) is 0 Å². The van der Waals surface area contributed by atoms with E-state index >= 15 is 0 Å². The van der Waals surface area contributed by atoms with Crippen molar-refractivity contribution in [3.05, 3.63) is 52.8 Å². The number of hydrogen-bond acceptors (Lipinski definition) is 3. The van der Waals surface area contributed by atoms with Crippen LogP contribution in [-0.2, 0) is 10.0 Å². The van der Waals surface area contributed by atoms with Gasteiger partial charge in [-0.3, -0.25) is 4.72 Å². The summed E-state index contributed by atoms with van der Waals surface area (Å²) in [6.07, 6.45) is 0. The van der Waals surface area contributed by atoms with Gasteiger partial charge < -0.3 is 5.73 Å². The van der Waals surface area contributed by atoms with E-state index in [4.69, 9.17) is 17.3 Å². The Morgan fingerprint density at radius 1 is 1.25 bits per heavy atom. The van der Waals surface area contributed by atoms with E-state index in [1.807, 2.05) is 0 Å². The normalized spacial score (nSPS) is 11.3. The zero-order valence-electron chi connectivity index (χ0n) is 10.5. The zero-order valence-corrected chi connectivity index (χ0v) is 12.1. The topological polar surface area (TPSA) is 72.2 Å². The lowest BCUT2D eigenvalue weighted by Gasteiger charge is -2.12. The molecule has 7 heteroatoms. The lowest BCUT2D eigenvalue weighted by atomic mass is 10.2. The molecule has 0 saturated carbocycles. The van der Waals surface area contributed by atoms with E-state index < -0.39 is 15.8 Å². The number of hydrogen-bond donors (Lipinski definition) is 2. The van der Waals surface area contributed by atoms with E-state index in [2.05, 4.69) is 4.72 Å². The van der Waals surface area contributed by atoms with Crippen LogP contribution in [0.5, 0.6) is 0 Å². The third-order valence-corrected chi connectivity index (χ3v) is 4.54. The van der Waals surface area contributed by atoms with Gasteiger partial charge in [-0.25, -0.2) is 12.8 Å². The van der Waals surface area contributed by atoms with Gasteiger partial charge in [0.2, 0.25) is 0 Å². The summed E-state index contributed by atoms with van der Waals surface area (Å²) in [6, 6.07) is 8.51. The van der Waals surface area contributed by atoms with Gasteiger partial charge in [0.15, 0.2) is 0 Å². The quantitative estimate of drug-likeness (QED) is 0.855. The number of halogens is 2. The maximum absolute atomic E-state index is 13.7. The maximum atomic E-state index is 13.7. The molecule has 0 unspecified atom stereocenters. The number of rotatable bonds is 3. The van der Waals surface area contributed by atoms with E-state index in [0.29, 0.717) is 5.56 Å². The fourth-order valence-electron chi connectivity index (χ4n) is 1.71. The predicted molar refractivity (Wildman–Crippen MR) is 77.8 cm³/mol. The Hall–Kier alpha value is -1.79. The van der Waals surface area contributed by atoms with Gasteiger partial charge >= 0.3 is 0 Å². The first-order valence-corrected chi connectivity index (χ1v) is 7.50. The molecule has 0 amide bonds. The average molecular weight is 315 g/mol. The van der Waals surface area contributed by atoms with Gasteiger partial charge in [0.05, 0.1) is 16.4 Å². The van der Waals surface area contributed by atoms with Crippen molar-refractivity contribution in [1.82, 2.24) is 0 Å². The van der Waals surface area contributed by atoms with E-state index in [9.17, 15) is 12.8 Å². The Kier molecular flexibility index (Phi) is 3.87. The molecule has 20 heavy (non-hydrogen) atoms. The fraction of sp³-hybridized carbons (Fsp3) is 0.0769. The molecular weight excluding hydrogens is 303 g/mol. The molecule has 2 rings (SSSR count). The van der Waals surface area contributed by atoms with E-state index in [-0.39, 0.29) is 21.3 Å². The maximum Gasteiger partial charge on any atom is 0.265 e. The highest BCUT2D eigenvalue weighted by molar-refractivity contribution is 7.93. The number of nitrogens with one attached hydrogen (secondary N) is 1. The van der Waals surface area contributed by atoms with Crippen LogP contribution in [0.2, 0.25) is 5.02 Å². The first kappa shape index (κ1) is 14.6. The second-order valence-corrected chi connectivity index (χ2v) is 6.27. The van der Waals surface area contributed by atoms with Crippen molar-refractivity contribution < 1.29 is 12.8 Å². The summed E-state index contributed by atoms with van der Waals surface area (Å²) in [6.45, 7) is 1.70. The van der Waals surface area contributed by atoms with Crippen LogP contribution in [0.4, 0.5) is 15.8 Å². The molecule has 0 aliphatic heterocycles. The Bertz CT molecular complexity index is 743. The van der Waals surface area contributed by atoms with Crippen molar-refractivity contribution >= 4 is 33.0 Å². The molecule has 0 saturated heterocycles. The van der Waals surface area contributed by atoms with Gasteiger partial charge in [0, 0.05) is 0 Å². The van der Waals surface area contributed by atoms with Crippen molar-refractivity contribution in [2.45, 2.75) is 11.8 Å². The molecule has 0 fully saturated rings. The van der Waals surface area contributed by atoms with Gasteiger partial charge in [-0.1, -0.05) is 23.7 Å². The summed E-state index contributed by atoms with van der Waals surface area (Å²) in [5, 5.41) is -0.0231. The summed E-state index contributed by atoms with van der Waals surface area (Å²) >= 11 is 5.85. The number of sulfonamides is 1. The molecule has 0 atom stereocenters. The average Bonchev–Trinajstić information content (AvgIpc) is 2.32. The minimum Gasteiger partial charge on any atom is -0.398 e. The molecule has 0 radical (unpaired) electrons. The standard InChI is InChI=1S/C13H12ClFN2O2S/c1-8-5-6-12(10(15)7-8)17-20(18,19)13-9(14)3-2-4-11(13)16/h2-7,17H,16H2,1H3. The lowest BCUT2D eigenvalue weighted by molar-refractivity contribution is 0.599. The fourth-order valence-corrected chi connectivity index (χ4v) is 3.45. The lowest BCUT2D eigenvalue weighted by Crippen LogP contribution is -2.16. The molecule has 0 aliphatic rings. The third kappa shape index (κ3) is 2.86. The number of aryl methyl sites for hydroxylation is 1. The summed E-state index contributed by atoms with van der Waals surface area (Å²) in [4.78, 5) is -0.262. The van der Waals surface area contributed by atoms with Crippen molar-refractivity contribution in [2.75, 3.05) is 10.5 Å². The Morgan fingerprint density at radius 3 is 2.55 bits per heavy atom. The van der Waals surface area contributed by atoms with E-state index in [1.165, 1.54) is 30.3 Å². The minimum absolute atomic E-state index is 0.00230. The van der Waals surface area contributed by atoms with Crippen molar-refractivity contribution in [1.29, 1.82) is 0 Å². The van der Waals surface area contributed by atoms with Crippen LogP contribution in [0.3, 0.4) is 0 Å². The summed E-state index contributed by atoms with van der Waals surface area (Å²) < 4.78 is 40.3. The summed E-state index contributed by atoms with van der Waals surface area (Å²) in [5.41, 5.74) is 6.15. The second-order valence-electron chi connectivity index (χ2n) is 4.25. The van der Waals surface area contributed by atoms with Crippen molar-refractivity contribution in [3.8, 4) is 0 Å². The van der Waals surface area contributed by atoms with Gasteiger partial charge in [0.1, 0.15) is 10.7 Å². The molecule has 3 N–H and O–H groups in total. The third-order valence-electron chi connectivity index (χ3n) is 2.64.